The van der Waals surface area contributed by atoms with Crippen LogP contribution in [0.15, 0.2) is 83.8 Å². The number of amides is 2. The van der Waals surface area contributed by atoms with Crippen molar-refractivity contribution in [2.45, 2.75) is 16.6 Å². The highest BCUT2D eigenvalue weighted by Gasteiger charge is 2.28. The molecule has 3 aromatic rings. The van der Waals surface area contributed by atoms with Gasteiger partial charge in [0.15, 0.2) is 0 Å². The Morgan fingerprint density at radius 2 is 1.56 bits per heavy atom. The minimum atomic E-state index is -0.427. The number of para-hydroxylation sites is 1. The summed E-state index contributed by atoms with van der Waals surface area (Å²) in [6.45, 7) is 0. The van der Waals surface area contributed by atoms with Crippen LogP contribution in [0.5, 0.6) is 0 Å². The van der Waals surface area contributed by atoms with E-state index in [1.54, 1.807) is 0 Å². The number of carbonyl (C=O) groups excluding carboxylic acids is 2. The lowest BCUT2D eigenvalue weighted by Crippen LogP contribution is -2.32. The van der Waals surface area contributed by atoms with E-state index in [9.17, 15) is 9.59 Å². The molecule has 1 atom stereocenters. The number of fused-ring (bicyclic) bond motifs is 1. The third-order valence-electron chi connectivity index (χ3n) is 4.35. The molecule has 4 nitrogen and oxygen atoms in total. The fraction of sp³-hybridized carbons (Fsp3) is 0.0909. The number of benzene rings is 3. The van der Waals surface area contributed by atoms with Crippen LogP contribution in [-0.2, 0) is 9.59 Å². The second kappa shape index (κ2) is 7.68. The number of thioether (sulfide) groups is 1. The predicted octanol–water partition coefficient (Wildman–Crippen LogP) is 4.80. The van der Waals surface area contributed by atoms with Crippen LogP contribution in [0, 0.1) is 0 Å². The van der Waals surface area contributed by atoms with Gasteiger partial charge in [-0.2, -0.15) is 0 Å². The van der Waals surface area contributed by atoms with Crippen LogP contribution in [0.4, 0.5) is 11.4 Å². The van der Waals surface area contributed by atoms with E-state index in [1.165, 1.54) is 11.8 Å². The zero-order chi connectivity index (χ0) is 18.6. The number of carbonyl (C=O) groups is 2. The Morgan fingerprint density at radius 3 is 2.33 bits per heavy atom. The molecule has 2 amide bonds. The van der Waals surface area contributed by atoms with E-state index in [0.29, 0.717) is 0 Å². The predicted molar refractivity (Wildman–Crippen MR) is 110 cm³/mol. The lowest BCUT2D eigenvalue weighted by Gasteiger charge is -2.23. The molecule has 2 N–H and O–H groups in total. The Hall–Kier alpha value is -3.05. The van der Waals surface area contributed by atoms with Crippen LogP contribution in [0.2, 0.25) is 0 Å². The van der Waals surface area contributed by atoms with Crippen LogP contribution in [-0.4, -0.2) is 17.1 Å². The molecule has 1 aliphatic rings. The molecule has 0 aromatic heterocycles. The quantitative estimate of drug-likeness (QED) is 0.690. The zero-order valence-electron chi connectivity index (χ0n) is 14.5. The average Bonchev–Trinajstić information content (AvgIpc) is 2.70. The maximum absolute atomic E-state index is 12.4. The van der Waals surface area contributed by atoms with Gasteiger partial charge in [-0.1, -0.05) is 54.6 Å². The minimum absolute atomic E-state index is 0.130. The van der Waals surface area contributed by atoms with E-state index in [-0.39, 0.29) is 18.2 Å². The standard InChI is InChI=1S/C22H18N2O2S/c25-21(14-20-22(26)24-18-8-4-5-9-19(18)27-20)23-17-12-10-16(11-13-17)15-6-2-1-3-7-15/h1-13,20H,14H2,(H,23,25)(H,24,26)/t20-/m1/s1. The Balaban J connectivity index is 1.39. The summed E-state index contributed by atoms with van der Waals surface area (Å²) in [6.07, 6.45) is 0.130. The molecule has 0 spiro atoms. The number of hydrogen-bond acceptors (Lipinski definition) is 3. The van der Waals surface area contributed by atoms with Gasteiger partial charge in [0, 0.05) is 17.0 Å². The van der Waals surface area contributed by atoms with Gasteiger partial charge in [0.1, 0.15) is 0 Å². The van der Waals surface area contributed by atoms with Gasteiger partial charge in [0.25, 0.3) is 0 Å². The van der Waals surface area contributed by atoms with Crippen molar-refractivity contribution in [1.82, 2.24) is 0 Å². The molecule has 134 valence electrons. The molecule has 1 aliphatic heterocycles. The summed E-state index contributed by atoms with van der Waals surface area (Å²) < 4.78 is 0. The largest absolute Gasteiger partial charge is 0.326 e. The van der Waals surface area contributed by atoms with Crippen molar-refractivity contribution >= 4 is 35.0 Å². The van der Waals surface area contributed by atoms with Gasteiger partial charge in [-0.15, -0.1) is 11.8 Å². The van der Waals surface area contributed by atoms with E-state index in [2.05, 4.69) is 10.6 Å². The normalized spacial score (nSPS) is 15.6. The van der Waals surface area contributed by atoms with Gasteiger partial charge >= 0.3 is 0 Å². The van der Waals surface area contributed by atoms with Gasteiger partial charge in [-0.3, -0.25) is 9.59 Å². The van der Waals surface area contributed by atoms with E-state index < -0.39 is 5.25 Å². The van der Waals surface area contributed by atoms with Crippen LogP contribution < -0.4 is 10.6 Å². The van der Waals surface area contributed by atoms with E-state index in [4.69, 9.17) is 0 Å². The summed E-state index contributed by atoms with van der Waals surface area (Å²) in [7, 11) is 0. The smallest absolute Gasteiger partial charge is 0.238 e. The zero-order valence-corrected chi connectivity index (χ0v) is 15.3. The Bertz CT molecular complexity index is 971. The topological polar surface area (TPSA) is 58.2 Å². The molecule has 0 aliphatic carbocycles. The maximum Gasteiger partial charge on any atom is 0.238 e. The van der Waals surface area contributed by atoms with Crippen molar-refractivity contribution in [3.8, 4) is 11.1 Å². The summed E-state index contributed by atoms with van der Waals surface area (Å²) in [5.74, 6) is -0.303. The second-order valence-electron chi connectivity index (χ2n) is 6.29. The van der Waals surface area contributed by atoms with Crippen molar-refractivity contribution in [3.63, 3.8) is 0 Å². The molecule has 5 heteroatoms. The molecule has 0 unspecified atom stereocenters. The highest BCUT2D eigenvalue weighted by atomic mass is 32.2. The second-order valence-corrected chi connectivity index (χ2v) is 7.53. The summed E-state index contributed by atoms with van der Waals surface area (Å²) in [6, 6.07) is 25.4. The van der Waals surface area contributed by atoms with Crippen LogP contribution >= 0.6 is 11.8 Å². The van der Waals surface area contributed by atoms with Gasteiger partial charge < -0.3 is 10.6 Å². The summed E-state index contributed by atoms with van der Waals surface area (Å²) >= 11 is 1.43. The first kappa shape index (κ1) is 17.4. The first-order chi connectivity index (χ1) is 13.2. The van der Waals surface area contributed by atoms with E-state index in [1.807, 2.05) is 78.9 Å². The molecule has 4 rings (SSSR count). The molecular weight excluding hydrogens is 356 g/mol. The molecule has 0 radical (unpaired) electrons. The average molecular weight is 374 g/mol. The Kier molecular flexibility index (Phi) is 4.94. The molecule has 3 aromatic carbocycles. The minimum Gasteiger partial charge on any atom is -0.326 e. The lowest BCUT2D eigenvalue weighted by atomic mass is 10.1. The van der Waals surface area contributed by atoms with Crippen molar-refractivity contribution < 1.29 is 9.59 Å². The maximum atomic E-state index is 12.4. The summed E-state index contributed by atoms with van der Waals surface area (Å²) in [5.41, 5.74) is 3.75. The van der Waals surface area contributed by atoms with Crippen molar-refractivity contribution in [3.05, 3.63) is 78.9 Å². The number of anilines is 2. The molecule has 1 heterocycles. The first-order valence-corrected chi connectivity index (χ1v) is 9.59. The van der Waals surface area contributed by atoms with Crippen LogP contribution in [0.1, 0.15) is 6.42 Å². The van der Waals surface area contributed by atoms with E-state index in [0.717, 1.165) is 27.4 Å². The van der Waals surface area contributed by atoms with Crippen molar-refractivity contribution in [2.24, 2.45) is 0 Å². The number of nitrogens with one attached hydrogen (secondary N) is 2. The van der Waals surface area contributed by atoms with Gasteiger partial charge in [0.2, 0.25) is 11.8 Å². The molecular formula is C22H18N2O2S. The van der Waals surface area contributed by atoms with Crippen LogP contribution in [0.3, 0.4) is 0 Å². The van der Waals surface area contributed by atoms with Crippen molar-refractivity contribution in [2.75, 3.05) is 10.6 Å². The fourth-order valence-corrected chi connectivity index (χ4v) is 4.09. The van der Waals surface area contributed by atoms with Crippen molar-refractivity contribution in [1.29, 1.82) is 0 Å². The summed E-state index contributed by atoms with van der Waals surface area (Å²) in [4.78, 5) is 25.6. The molecule has 0 saturated carbocycles. The molecule has 27 heavy (non-hydrogen) atoms. The molecule has 0 fully saturated rings. The third kappa shape index (κ3) is 4.04. The van der Waals surface area contributed by atoms with E-state index >= 15 is 0 Å². The highest BCUT2D eigenvalue weighted by Crippen LogP contribution is 2.36. The number of rotatable bonds is 4. The Labute approximate surface area is 162 Å². The fourth-order valence-electron chi connectivity index (χ4n) is 2.98. The van der Waals surface area contributed by atoms with Gasteiger partial charge in [-0.25, -0.2) is 0 Å². The third-order valence-corrected chi connectivity index (χ3v) is 5.63. The first-order valence-electron chi connectivity index (χ1n) is 8.71. The Morgan fingerprint density at radius 1 is 0.889 bits per heavy atom. The van der Waals surface area contributed by atoms with Gasteiger partial charge in [-0.05, 0) is 35.4 Å². The van der Waals surface area contributed by atoms with Gasteiger partial charge in [0.05, 0.1) is 10.9 Å². The summed E-state index contributed by atoms with van der Waals surface area (Å²) in [5, 5.41) is 5.32. The highest BCUT2D eigenvalue weighted by molar-refractivity contribution is 8.01. The monoisotopic (exact) mass is 374 g/mol. The molecule has 0 saturated heterocycles. The van der Waals surface area contributed by atoms with Crippen LogP contribution in [0.25, 0.3) is 11.1 Å². The number of hydrogen-bond donors (Lipinski definition) is 2. The lowest BCUT2D eigenvalue weighted by molar-refractivity contribution is -0.120. The molecule has 0 bridgehead atoms. The SMILES string of the molecule is O=C(C[C@H]1Sc2ccccc2NC1=O)Nc1ccc(-c2ccccc2)cc1.